The Balaban J connectivity index is 0.00000338. The molecule has 0 heterocycles. The zero-order chi connectivity index (χ0) is 17.7. The Labute approximate surface area is 166 Å². The quantitative estimate of drug-likeness (QED) is 0.443. The Morgan fingerprint density at radius 1 is 0.731 bits per heavy atom. The summed E-state index contributed by atoms with van der Waals surface area (Å²) in [5, 5.41) is 0. The first-order valence-electron chi connectivity index (χ1n) is 9.79. The topological polar surface area (TPSA) is 12.5 Å². The van der Waals surface area contributed by atoms with E-state index in [2.05, 4.69) is 79.4 Å². The van der Waals surface area contributed by atoms with Gasteiger partial charge in [0, 0.05) is 6.54 Å². The van der Waals surface area contributed by atoms with Gasteiger partial charge in [-0.15, -0.1) is 12.4 Å². The van der Waals surface area contributed by atoms with Crippen LogP contribution in [-0.4, -0.2) is 31.1 Å². The van der Waals surface area contributed by atoms with E-state index in [-0.39, 0.29) is 18.5 Å². The van der Waals surface area contributed by atoms with Gasteiger partial charge >= 0.3 is 0 Å². The van der Waals surface area contributed by atoms with Gasteiger partial charge in [-0.3, -0.25) is 0 Å². The predicted octanol–water partition coefficient (Wildman–Crippen LogP) is 6.12. The van der Waals surface area contributed by atoms with Crippen LogP contribution in [-0.2, 0) is 4.74 Å². The third-order valence-corrected chi connectivity index (χ3v) is 4.55. The lowest BCUT2D eigenvalue weighted by molar-refractivity contribution is 0.0591. The zero-order valence-electron chi connectivity index (χ0n) is 16.3. The number of hydrogen-bond donors (Lipinski definition) is 0. The molecule has 0 saturated heterocycles. The second kappa shape index (κ2) is 13.8. The monoisotopic (exact) mass is 375 g/mol. The highest BCUT2D eigenvalue weighted by molar-refractivity contribution is 5.85. The van der Waals surface area contributed by atoms with Gasteiger partial charge in [-0.05, 0) is 37.1 Å². The summed E-state index contributed by atoms with van der Waals surface area (Å²) in [6.07, 6.45) is 5.05. The Morgan fingerprint density at radius 3 is 1.62 bits per heavy atom. The van der Waals surface area contributed by atoms with Crippen molar-refractivity contribution in [2.24, 2.45) is 0 Å². The maximum atomic E-state index is 6.36. The molecule has 0 bridgehead atoms. The highest BCUT2D eigenvalue weighted by Gasteiger charge is 2.15. The lowest BCUT2D eigenvalue weighted by Gasteiger charge is -2.24. The summed E-state index contributed by atoms with van der Waals surface area (Å²) in [5.41, 5.74) is 2.45. The van der Waals surface area contributed by atoms with Gasteiger partial charge in [-0.25, -0.2) is 0 Å². The number of benzene rings is 2. The highest BCUT2D eigenvalue weighted by atomic mass is 35.5. The lowest BCUT2D eigenvalue weighted by Crippen LogP contribution is -2.30. The number of halogens is 1. The van der Waals surface area contributed by atoms with E-state index in [0.29, 0.717) is 0 Å². The molecule has 0 N–H and O–H groups in total. The van der Waals surface area contributed by atoms with Crippen LogP contribution in [0.15, 0.2) is 60.7 Å². The molecule has 0 unspecified atom stereocenters. The smallest absolute Gasteiger partial charge is 0.108 e. The van der Waals surface area contributed by atoms with Crippen LogP contribution in [0.3, 0.4) is 0 Å². The molecule has 2 nitrogen and oxygen atoms in total. The van der Waals surface area contributed by atoms with E-state index in [1.807, 2.05) is 0 Å². The first-order chi connectivity index (χ1) is 12.3. The molecular weight excluding hydrogens is 342 g/mol. The SMILES string of the molecule is CCCCN(CCCC)CCOC(c1ccccc1)c1ccccc1.Cl. The Bertz CT molecular complexity index is 513. The van der Waals surface area contributed by atoms with Crippen molar-refractivity contribution >= 4 is 12.4 Å². The van der Waals surface area contributed by atoms with Crippen molar-refractivity contribution in [2.75, 3.05) is 26.2 Å². The van der Waals surface area contributed by atoms with Crippen LogP contribution >= 0.6 is 12.4 Å². The lowest BCUT2D eigenvalue weighted by atomic mass is 10.0. The number of ether oxygens (including phenoxy) is 1. The fourth-order valence-electron chi connectivity index (χ4n) is 3.04. The second-order valence-electron chi connectivity index (χ2n) is 6.62. The maximum absolute atomic E-state index is 6.36. The molecule has 0 atom stereocenters. The highest BCUT2D eigenvalue weighted by Crippen LogP contribution is 2.25. The maximum Gasteiger partial charge on any atom is 0.108 e. The third kappa shape index (κ3) is 7.90. The summed E-state index contributed by atoms with van der Waals surface area (Å²) < 4.78 is 6.36. The van der Waals surface area contributed by atoms with Crippen LogP contribution in [0.25, 0.3) is 0 Å². The van der Waals surface area contributed by atoms with Crippen LogP contribution in [0.4, 0.5) is 0 Å². The average Bonchev–Trinajstić information content (AvgIpc) is 2.68. The summed E-state index contributed by atoms with van der Waals surface area (Å²) in [7, 11) is 0. The Hall–Kier alpha value is -1.35. The molecule has 0 aromatic heterocycles. The van der Waals surface area contributed by atoms with Crippen LogP contribution in [0.1, 0.15) is 56.8 Å². The van der Waals surface area contributed by atoms with E-state index in [9.17, 15) is 0 Å². The molecule has 0 aliphatic carbocycles. The first kappa shape index (κ1) is 22.7. The Kier molecular flexibility index (Phi) is 12.0. The van der Waals surface area contributed by atoms with Crippen LogP contribution in [0.5, 0.6) is 0 Å². The van der Waals surface area contributed by atoms with Crippen molar-refractivity contribution in [3.63, 3.8) is 0 Å². The van der Waals surface area contributed by atoms with Gasteiger partial charge in [-0.2, -0.15) is 0 Å². The molecule has 0 saturated carbocycles. The number of nitrogens with zero attached hydrogens (tertiary/aromatic N) is 1. The molecule has 0 aliphatic heterocycles. The summed E-state index contributed by atoms with van der Waals surface area (Å²) in [6, 6.07) is 21.1. The summed E-state index contributed by atoms with van der Waals surface area (Å²) in [6.45, 7) is 8.66. The third-order valence-electron chi connectivity index (χ3n) is 4.55. The molecule has 144 valence electrons. The van der Waals surface area contributed by atoms with Crippen molar-refractivity contribution in [3.05, 3.63) is 71.8 Å². The van der Waals surface area contributed by atoms with Gasteiger partial charge in [0.15, 0.2) is 0 Å². The summed E-state index contributed by atoms with van der Waals surface area (Å²) in [4.78, 5) is 2.56. The fraction of sp³-hybridized carbons (Fsp3) is 0.478. The van der Waals surface area contributed by atoms with Gasteiger partial charge in [0.1, 0.15) is 6.10 Å². The number of unbranched alkanes of at least 4 members (excludes halogenated alkanes) is 2. The molecule has 2 aromatic carbocycles. The van der Waals surface area contributed by atoms with E-state index in [4.69, 9.17) is 4.74 Å². The molecule has 0 aliphatic rings. The number of hydrogen-bond acceptors (Lipinski definition) is 2. The van der Waals surface area contributed by atoms with Crippen molar-refractivity contribution in [1.82, 2.24) is 4.90 Å². The molecule has 2 rings (SSSR count). The molecule has 0 spiro atoms. The van der Waals surface area contributed by atoms with Crippen molar-refractivity contribution < 1.29 is 4.74 Å². The van der Waals surface area contributed by atoms with Crippen LogP contribution < -0.4 is 0 Å². The standard InChI is InChI=1S/C23H33NO.ClH/c1-3-5-17-24(18-6-4-2)19-20-25-23(21-13-9-7-10-14-21)22-15-11-8-12-16-22;/h7-16,23H,3-6,17-20H2,1-2H3;1H. The molecule has 0 radical (unpaired) electrons. The average molecular weight is 376 g/mol. The molecule has 3 heteroatoms. The van der Waals surface area contributed by atoms with Crippen molar-refractivity contribution in [3.8, 4) is 0 Å². The van der Waals surface area contributed by atoms with Gasteiger partial charge in [0.05, 0.1) is 6.61 Å². The Morgan fingerprint density at radius 2 is 1.19 bits per heavy atom. The van der Waals surface area contributed by atoms with Gasteiger partial charge < -0.3 is 9.64 Å². The van der Waals surface area contributed by atoms with Crippen molar-refractivity contribution in [2.45, 2.75) is 45.6 Å². The van der Waals surface area contributed by atoms with E-state index < -0.39 is 0 Å². The summed E-state index contributed by atoms with van der Waals surface area (Å²) in [5.74, 6) is 0. The van der Waals surface area contributed by atoms with Crippen molar-refractivity contribution in [1.29, 1.82) is 0 Å². The largest absolute Gasteiger partial charge is 0.367 e. The number of rotatable bonds is 12. The van der Waals surface area contributed by atoms with Gasteiger partial charge in [0.2, 0.25) is 0 Å². The fourth-order valence-corrected chi connectivity index (χ4v) is 3.04. The minimum Gasteiger partial charge on any atom is -0.367 e. The van der Waals surface area contributed by atoms with Crippen LogP contribution in [0, 0.1) is 0 Å². The first-order valence-corrected chi connectivity index (χ1v) is 9.79. The minimum absolute atomic E-state index is 0. The second-order valence-corrected chi connectivity index (χ2v) is 6.62. The molecule has 0 amide bonds. The van der Waals surface area contributed by atoms with Gasteiger partial charge in [-0.1, -0.05) is 87.4 Å². The van der Waals surface area contributed by atoms with Gasteiger partial charge in [0.25, 0.3) is 0 Å². The molecule has 2 aromatic rings. The normalized spacial score (nSPS) is 10.9. The van der Waals surface area contributed by atoms with Crippen LogP contribution in [0.2, 0.25) is 0 Å². The molecular formula is C23H34ClNO. The molecule has 26 heavy (non-hydrogen) atoms. The predicted molar refractivity (Wildman–Crippen MR) is 114 cm³/mol. The minimum atomic E-state index is 0. The van der Waals surface area contributed by atoms with E-state index in [1.54, 1.807) is 0 Å². The molecule has 0 fully saturated rings. The van der Waals surface area contributed by atoms with E-state index >= 15 is 0 Å². The van der Waals surface area contributed by atoms with E-state index in [0.717, 1.165) is 13.2 Å². The summed E-state index contributed by atoms with van der Waals surface area (Å²) >= 11 is 0. The zero-order valence-corrected chi connectivity index (χ0v) is 17.1. The van der Waals surface area contributed by atoms with E-state index in [1.165, 1.54) is 49.9 Å².